The maximum absolute atomic E-state index is 10.9. The molecule has 0 saturated heterocycles. The number of hydrogen-bond acceptors (Lipinski definition) is 5. The predicted octanol–water partition coefficient (Wildman–Crippen LogP) is -0.411. The van der Waals surface area contributed by atoms with E-state index in [0.29, 0.717) is 5.70 Å². The Morgan fingerprint density at radius 2 is 2.18 bits per heavy atom. The second-order valence-corrected chi connectivity index (χ2v) is 1.97. The zero-order chi connectivity index (χ0) is 7.84. The minimum absolute atomic E-state index is 0.0758. The number of amides is 1. The first kappa shape index (κ1) is 5.90. The van der Waals surface area contributed by atoms with E-state index in [4.69, 9.17) is 5.73 Å². The van der Waals surface area contributed by atoms with E-state index in [2.05, 4.69) is 20.2 Å². The van der Waals surface area contributed by atoms with E-state index < -0.39 is 5.91 Å². The van der Waals surface area contributed by atoms with Crippen LogP contribution in [0.15, 0.2) is 32.1 Å². The summed E-state index contributed by atoms with van der Waals surface area (Å²) in [5.74, 6) is -0.418. The highest BCUT2D eigenvalue weighted by molar-refractivity contribution is 6.48. The molecule has 0 saturated carbocycles. The molecular weight excluding hydrogens is 146 g/mol. The number of nitrogens with zero attached hydrogens (tertiary/aromatic N) is 4. The number of azo groups is 1. The number of carbonyl (C=O) groups excluding carboxylic acids is 1. The lowest BCUT2D eigenvalue weighted by Crippen LogP contribution is -2.13. The minimum atomic E-state index is -0.494. The second-order valence-electron chi connectivity index (χ2n) is 1.97. The third-order valence-corrected chi connectivity index (χ3v) is 1.24. The molecule has 0 spiro atoms. The molecule has 0 aliphatic carbocycles. The number of nitrogens with two attached hydrogens (primary N) is 1. The maximum Gasteiger partial charge on any atom is 0.316 e. The van der Waals surface area contributed by atoms with Crippen molar-refractivity contribution in [3.05, 3.63) is 11.9 Å². The van der Waals surface area contributed by atoms with Crippen LogP contribution >= 0.6 is 0 Å². The normalized spacial score (nSPS) is 20.7. The Bertz CT molecular complexity index is 348. The highest BCUT2D eigenvalue weighted by Crippen LogP contribution is 2.13. The van der Waals surface area contributed by atoms with Crippen molar-refractivity contribution in [1.29, 1.82) is 0 Å². The SMILES string of the molecule is NC1=NC2=CN=NC(=O)C2=N1. The molecule has 6 nitrogen and oxygen atoms in total. The van der Waals surface area contributed by atoms with E-state index in [1.54, 1.807) is 0 Å². The molecule has 0 radical (unpaired) electrons. The van der Waals surface area contributed by atoms with Crippen LogP contribution in [0.25, 0.3) is 0 Å². The van der Waals surface area contributed by atoms with E-state index >= 15 is 0 Å². The summed E-state index contributed by atoms with van der Waals surface area (Å²) in [5.41, 5.74) is 5.81. The molecule has 0 aromatic rings. The zero-order valence-corrected chi connectivity index (χ0v) is 5.35. The lowest BCUT2D eigenvalue weighted by atomic mass is 10.3. The predicted molar refractivity (Wildman–Crippen MR) is 37.0 cm³/mol. The van der Waals surface area contributed by atoms with Gasteiger partial charge in [-0.15, -0.1) is 5.11 Å². The van der Waals surface area contributed by atoms with Gasteiger partial charge in [-0.05, 0) is 0 Å². The molecule has 54 valence electrons. The van der Waals surface area contributed by atoms with Gasteiger partial charge in [0.15, 0.2) is 5.71 Å². The fourth-order valence-electron chi connectivity index (χ4n) is 0.804. The number of aliphatic imine (C=N–C) groups is 2. The van der Waals surface area contributed by atoms with Crippen LogP contribution in [-0.4, -0.2) is 17.6 Å². The van der Waals surface area contributed by atoms with Gasteiger partial charge < -0.3 is 5.73 Å². The van der Waals surface area contributed by atoms with Crippen molar-refractivity contribution in [2.24, 2.45) is 25.9 Å². The van der Waals surface area contributed by atoms with Gasteiger partial charge in [0.05, 0.1) is 6.20 Å². The second kappa shape index (κ2) is 1.82. The molecule has 11 heavy (non-hydrogen) atoms. The van der Waals surface area contributed by atoms with Gasteiger partial charge in [-0.25, -0.2) is 9.98 Å². The largest absolute Gasteiger partial charge is 0.368 e. The Hall–Kier alpha value is -1.85. The number of guanidine groups is 1. The monoisotopic (exact) mass is 149 g/mol. The average Bonchev–Trinajstić information content (AvgIpc) is 2.31. The Morgan fingerprint density at radius 1 is 1.36 bits per heavy atom. The molecule has 0 unspecified atom stereocenters. The van der Waals surface area contributed by atoms with Gasteiger partial charge in [-0.1, -0.05) is 0 Å². The summed E-state index contributed by atoms with van der Waals surface area (Å²) in [6, 6.07) is 0. The molecule has 1 amide bonds. The first-order valence-electron chi connectivity index (χ1n) is 2.86. The minimum Gasteiger partial charge on any atom is -0.368 e. The van der Waals surface area contributed by atoms with Crippen LogP contribution in [0, 0.1) is 0 Å². The number of carbonyl (C=O) groups is 1. The van der Waals surface area contributed by atoms with Crippen LogP contribution in [0.4, 0.5) is 0 Å². The van der Waals surface area contributed by atoms with Crippen LogP contribution < -0.4 is 5.73 Å². The Morgan fingerprint density at radius 3 is 2.91 bits per heavy atom. The number of rotatable bonds is 0. The Labute approximate surface area is 61.2 Å². The summed E-state index contributed by atoms with van der Waals surface area (Å²) in [7, 11) is 0. The third-order valence-electron chi connectivity index (χ3n) is 1.24. The summed E-state index contributed by atoms with van der Waals surface area (Å²) >= 11 is 0. The van der Waals surface area contributed by atoms with Gasteiger partial charge in [0.25, 0.3) is 0 Å². The highest BCUT2D eigenvalue weighted by atomic mass is 16.2. The molecule has 0 bridgehead atoms. The summed E-state index contributed by atoms with van der Waals surface area (Å²) in [6.45, 7) is 0. The molecule has 0 atom stereocenters. The van der Waals surface area contributed by atoms with Crippen LogP contribution in [0.1, 0.15) is 0 Å². The fraction of sp³-hybridized carbons (Fsp3) is 0. The van der Waals surface area contributed by atoms with Crippen molar-refractivity contribution in [1.82, 2.24) is 0 Å². The summed E-state index contributed by atoms with van der Waals surface area (Å²) in [6.07, 6.45) is 1.35. The quantitative estimate of drug-likeness (QED) is 0.507. The number of fused-ring (bicyclic) bond motifs is 1. The molecule has 0 aromatic heterocycles. The molecular formula is C5H3N5O. The van der Waals surface area contributed by atoms with Crippen molar-refractivity contribution in [2.45, 2.75) is 0 Å². The Balaban J connectivity index is 2.53. The summed E-state index contributed by atoms with van der Waals surface area (Å²) in [4.78, 5) is 18.3. The van der Waals surface area contributed by atoms with Gasteiger partial charge in [0.1, 0.15) is 5.70 Å². The molecule has 6 heteroatoms. The standard InChI is InChI=1S/C5H3N5O/c6-5-8-2-1-7-10-4(11)3(2)9-5/h1H,(H2,6,8). The summed E-state index contributed by atoms with van der Waals surface area (Å²) in [5, 5.41) is 6.66. The smallest absolute Gasteiger partial charge is 0.316 e. The highest BCUT2D eigenvalue weighted by Gasteiger charge is 2.24. The van der Waals surface area contributed by atoms with Crippen LogP contribution in [0.3, 0.4) is 0 Å². The lowest BCUT2D eigenvalue weighted by molar-refractivity contribution is -0.112. The van der Waals surface area contributed by atoms with Crippen LogP contribution in [0.5, 0.6) is 0 Å². The first-order chi connectivity index (χ1) is 5.27. The van der Waals surface area contributed by atoms with Gasteiger partial charge in [0.2, 0.25) is 5.96 Å². The van der Waals surface area contributed by atoms with E-state index in [1.807, 2.05) is 0 Å². The van der Waals surface area contributed by atoms with E-state index in [-0.39, 0.29) is 11.7 Å². The van der Waals surface area contributed by atoms with Gasteiger partial charge >= 0.3 is 5.91 Å². The number of hydrogen-bond donors (Lipinski definition) is 1. The fourth-order valence-corrected chi connectivity index (χ4v) is 0.804. The van der Waals surface area contributed by atoms with Crippen molar-refractivity contribution in [2.75, 3.05) is 0 Å². The molecule has 2 aliphatic rings. The van der Waals surface area contributed by atoms with Crippen molar-refractivity contribution >= 4 is 17.6 Å². The molecule has 2 N–H and O–H groups in total. The van der Waals surface area contributed by atoms with E-state index in [9.17, 15) is 4.79 Å². The average molecular weight is 149 g/mol. The van der Waals surface area contributed by atoms with Crippen LogP contribution in [-0.2, 0) is 4.79 Å². The Kier molecular flexibility index (Phi) is 0.974. The van der Waals surface area contributed by atoms with E-state index in [0.717, 1.165) is 0 Å². The first-order valence-corrected chi connectivity index (χ1v) is 2.86. The third kappa shape index (κ3) is 0.759. The topological polar surface area (TPSA) is 92.5 Å². The van der Waals surface area contributed by atoms with Crippen molar-refractivity contribution in [3.63, 3.8) is 0 Å². The molecule has 2 heterocycles. The molecule has 0 aromatic carbocycles. The van der Waals surface area contributed by atoms with Gasteiger partial charge in [-0.2, -0.15) is 5.11 Å². The van der Waals surface area contributed by atoms with E-state index in [1.165, 1.54) is 6.20 Å². The molecule has 2 aliphatic heterocycles. The van der Waals surface area contributed by atoms with Crippen LogP contribution in [0.2, 0.25) is 0 Å². The van der Waals surface area contributed by atoms with Gasteiger partial charge in [-0.3, -0.25) is 4.79 Å². The zero-order valence-electron chi connectivity index (χ0n) is 5.35. The summed E-state index contributed by atoms with van der Waals surface area (Å²) < 4.78 is 0. The van der Waals surface area contributed by atoms with Gasteiger partial charge in [0, 0.05) is 0 Å². The van der Waals surface area contributed by atoms with Crippen molar-refractivity contribution < 1.29 is 4.79 Å². The van der Waals surface area contributed by atoms with Crippen molar-refractivity contribution in [3.8, 4) is 0 Å². The lowest BCUT2D eigenvalue weighted by Gasteiger charge is -1.96. The molecule has 0 fully saturated rings. The maximum atomic E-state index is 10.9. The molecule has 2 rings (SSSR count).